The molecule has 7 nitrogen and oxygen atoms in total. The Labute approximate surface area is 157 Å². The summed E-state index contributed by atoms with van der Waals surface area (Å²) in [6, 6.07) is 12.5. The first kappa shape index (κ1) is 18.3. The van der Waals surface area contributed by atoms with Crippen LogP contribution in [0.15, 0.2) is 59.8 Å². The second-order valence-electron chi connectivity index (χ2n) is 6.04. The summed E-state index contributed by atoms with van der Waals surface area (Å²) in [7, 11) is 0. The van der Waals surface area contributed by atoms with Crippen molar-refractivity contribution in [1.82, 2.24) is 10.6 Å². The van der Waals surface area contributed by atoms with Crippen LogP contribution in [-0.4, -0.2) is 23.7 Å². The van der Waals surface area contributed by atoms with E-state index < -0.39 is 12.1 Å². The number of phenols is 1. The molecule has 0 fully saturated rings. The normalized spacial score (nSPS) is 16.4. The third-order valence-electron chi connectivity index (χ3n) is 4.18. The van der Waals surface area contributed by atoms with Crippen LogP contribution in [0.4, 0.5) is 10.5 Å². The van der Waals surface area contributed by atoms with Gasteiger partial charge in [0.1, 0.15) is 11.5 Å². The summed E-state index contributed by atoms with van der Waals surface area (Å²) < 4.78 is 5.55. The molecule has 4 N–H and O–H groups in total. The lowest BCUT2D eigenvalue weighted by Gasteiger charge is -2.28. The summed E-state index contributed by atoms with van der Waals surface area (Å²) in [4.78, 5) is 25.0. The highest BCUT2D eigenvalue weighted by molar-refractivity contribution is 6.07. The molecule has 1 atom stereocenters. The molecule has 3 amide bonds. The molecule has 140 valence electrons. The fraction of sp³-hybridized carbons (Fsp3) is 0.200. The second-order valence-corrected chi connectivity index (χ2v) is 6.04. The van der Waals surface area contributed by atoms with Crippen LogP contribution in [-0.2, 0) is 4.79 Å². The number of para-hydroxylation sites is 2. The minimum atomic E-state index is -0.640. The fourth-order valence-corrected chi connectivity index (χ4v) is 2.95. The Morgan fingerprint density at radius 1 is 1.19 bits per heavy atom. The summed E-state index contributed by atoms with van der Waals surface area (Å²) in [5, 5.41) is 17.8. The summed E-state index contributed by atoms with van der Waals surface area (Å²) in [6.07, 6.45) is 0. The topological polar surface area (TPSA) is 99.7 Å². The van der Waals surface area contributed by atoms with Crippen molar-refractivity contribution in [3.05, 3.63) is 65.4 Å². The Morgan fingerprint density at radius 3 is 2.59 bits per heavy atom. The van der Waals surface area contributed by atoms with Crippen LogP contribution < -0.4 is 20.7 Å². The number of nitrogens with one attached hydrogen (secondary N) is 3. The average Bonchev–Trinajstić information content (AvgIpc) is 2.63. The first-order valence-corrected chi connectivity index (χ1v) is 8.60. The SMILES string of the molecule is CCOc1ccccc1NC(=O)C1=C(C)NC(=O)N[C@@H]1c1ccc(O)cc1. The van der Waals surface area contributed by atoms with Gasteiger partial charge in [-0.05, 0) is 43.7 Å². The summed E-state index contributed by atoms with van der Waals surface area (Å²) >= 11 is 0. The summed E-state index contributed by atoms with van der Waals surface area (Å²) in [6.45, 7) is 4.02. The number of allylic oxidation sites excluding steroid dienone is 1. The number of rotatable bonds is 5. The molecule has 0 unspecified atom stereocenters. The highest BCUT2D eigenvalue weighted by Crippen LogP contribution is 2.30. The molecule has 1 heterocycles. The predicted molar refractivity (Wildman–Crippen MR) is 101 cm³/mol. The lowest BCUT2D eigenvalue weighted by atomic mass is 9.94. The maximum Gasteiger partial charge on any atom is 0.319 e. The number of carbonyl (C=O) groups is 2. The maximum absolute atomic E-state index is 13.0. The van der Waals surface area contributed by atoms with Crippen molar-refractivity contribution in [2.75, 3.05) is 11.9 Å². The zero-order valence-corrected chi connectivity index (χ0v) is 15.1. The molecule has 2 aromatic carbocycles. The number of urea groups is 1. The molecule has 0 aliphatic carbocycles. The van der Waals surface area contributed by atoms with Gasteiger partial charge in [0.2, 0.25) is 0 Å². The van der Waals surface area contributed by atoms with E-state index in [1.54, 1.807) is 37.3 Å². The summed E-state index contributed by atoms with van der Waals surface area (Å²) in [5.41, 5.74) is 2.08. The molecule has 2 aromatic rings. The van der Waals surface area contributed by atoms with Crippen LogP contribution in [0, 0.1) is 0 Å². The number of hydrogen-bond donors (Lipinski definition) is 4. The van der Waals surface area contributed by atoms with E-state index in [9.17, 15) is 14.7 Å². The van der Waals surface area contributed by atoms with E-state index in [1.807, 2.05) is 13.0 Å². The van der Waals surface area contributed by atoms with Crippen LogP contribution in [0.3, 0.4) is 0 Å². The van der Waals surface area contributed by atoms with Gasteiger partial charge in [0.15, 0.2) is 0 Å². The molecule has 7 heteroatoms. The molecule has 0 saturated carbocycles. The smallest absolute Gasteiger partial charge is 0.319 e. The fourth-order valence-electron chi connectivity index (χ4n) is 2.95. The molecular weight excluding hydrogens is 346 g/mol. The lowest BCUT2D eigenvalue weighted by Crippen LogP contribution is -2.45. The van der Waals surface area contributed by atoms with Crippen molar-refractivity contribution < 1.29 is 19.4 Å². The number of aromatic hydroxyl groups is 1. The van der Waals surface area contributed by atoms with Gasteiger partial charge >= 0.3 is 6.03 Å². The standard InChI is InChI=1S/C20H21N3O4/c1-3-27-16-7-5-4-6-15(16)22-19(25)17-12(2)21-20(26)23-18(17)13-8-10-14(24)11-9-13/h4-11,18,24H,3H2,1-2H3,(H,22,25)(H2,21,23,26)/t18-/m1/s1. The number of benzene rings is 2. The van der Waals surface area contributed by atoms with E-state index in [0.29, 0.717) is 34.9 Å². The first-order valence-electron chi connectivity index (χ1n) is 8.60. The highest BCUT2D eigenvalue weighted by Gasteiger charge is 2.31. The first-order chi connectivity index (χ1) is 13.0. The largest absolute Gasteiger partial charge is 0.508 e. The van der Waals surface area contributed by atoms with Crippen LogP contribution in [0.2, 0.25) is 0 Å². The van der Waals surface area contributed by atoms with Gasteiger partial charge in [0, 0.05) is 5.70 Å². The van der Waals surface area contributed by atoms with Gasteiger partial charge in [0.25, 0.3) is 5.91 Å². The van der Waals surface area contributed by atoms with Crippen molar-refractivity contribution in [3.8, 4) is 11.5 Å². The van der Waals surface area contributed by atoms with Gasteiger partial charge in [-0.15, -0.1) is 0 Å². The minimum Gasteiger partial charge on any atom is -0.508 e. The van der Waals surface area contributed by atoms with Gasteiger partial charge in [-0.25, -0.2) is 4.79 Å². The zero-order valence-electron chi connectivity index (χ0n) is 15.1. The van der Waals surface area contributed by atoms with Gasteiger partial charge in [-0.2, -0.15) is 0 Å². The van der Waals surface area contributed by atoms with Crippen LogP contribution in [0.5, 0.6) is 11.5 Å². The Morgan fingerprint density at radius 2 is 1.89 bits per heavy atom. The zero-order chi connectivity index (χ0) is 19.4. The highest BCUT2D eigenvalue weighted by atomic mass is 16.5. The van der Waals surface area contributed by atoms with E-state index in [4.69, 9.17) is 4.74 Å². The van der Waals surface area contributed by atoms with E-state index in [1.165, 1.54) is 12.1 Å². The molecule has 0 radical (unpaired) electrons. The molecule has 27 heavy (non-hydrogen) atoms. The molecule has 3 rings (SSSR count). The number of ether oxygens (including phenoxy) is 1. The number of carbonyl (C=O) groups excluding carboxylic acids is 2. The summed E-state index contributed by atoms with van der Waals surface area (Å²) in [5.74, 6) is 0.321. The Kier molecular flexibility index (Phi) is 5.30. The number of phenolic OH excluding ortho intramolecular Hbond substituents is 1. The maximum atomic E-state index is 13.0. The quantitative estimate of drug-likeness (QED) is 0.653. The Bertz CT molecular complexity index is 890. The van der Waals surface area contributed by atoms with Crippen LogP contribution >= 0.6 is 0 Å². The molecular formula is C20H21N3O4. The average molecular weight is 367 g/mol. The van der Waals surface area contributed by atoms with E-state index in [0.717, 1.165) is 0 Å². The molecule has 1 aliphatic rings. The second kappa shape index (κ2) is 7.82. The molecule has 0 spiro atoms. The predicted octanol–water partition coefficient (Wildman–Crippen LogP) is 3.06. The number of anilines is 1. The monoisotopic (exact) mass is 367 g/mol. The van der Waals surface area contributed by atoms with Crippen LogP contribution in [0.25, 0.3) is 0 Å². The van der Waals surface area contributed by atoms with Crippen molar-refractivity contribution >= 4 is 17.6 Å². The van der Waals surface area contributed by atoms with Crippen molar-refractivity contribution in [2.24, 2.45) is 0 Å². The van der Waals surface area contributed by atoms with Gasteiger partial charge in [-0.1, -0.05) is 24.3 Å². The molecule has 0 bridgehead atoms. The molecule has 1 aliphatic heterocycles. The van der Waals surface area contributed by atoms with E-state index >= 15 is 0 Å². The van der Waals surface area contributed by atoms with Crippen molar-refractivity contribution in [1.29, 1.82) is 0 Å². The number of hydrogen-bond acceptors (Lipinski definition) is 4. The van der Waals surface area contributed by atoms with E-state index in [2.05, 4.69) is 16.0 Å². The third-order valence-corrected chi connectivity index (χ3v) is 4.18. The van der Waals surface area contributed by atoms with Gasteiger partial charge in [0.05, 0.1) is 23.9 Å². The van der Waals surface area contributed by atoms with Gasteiger partial charge in [-0.3, -0.25) is 4.79 Å². The third kappa shape index (κ3) is 4.03. The Balaban J connectivity index is 1.93. The van der Waals surface area contributed by atoms with E-state index in [-0.39, 0.29) is 11.7 Å². The van der Waals surface area contributed by atoms with Crippen LogP contribution in [0.1, 0.15) is 25.5 Å². The van der Waals surface area contributed by atoms with Crippen molar-refractivity contribution in [2.45, 2.75) is 19.9 Å². The molecule has 0 aromatic heterocycles. The minimum absolute atomic E-state index is 0.108. The molecule has 0 saturated heterocycles. The van der Waals surface area contributed by atoms with Crippen molar-refractivity contribution in [3.63, 3.8) is 0 Å². The lowest BCUT2D eigenvalue weighted by molar-refractivity contribution is -0.113. The number of amides is 3. The van der Waals surface area contributed by atoms with Gasteiger partial charge < -0.3 is 25.8 Å². The Hall–Kier alpha value is -3.48.